The number of hydrogen-bond acceptors (Lipinski definition) is 3. The van der Waals surface area contributed by atoms with Crippen LogP contribution in [0, 0.1) is 11.3 Å². The summed E-state index contributed by atoms with van der Waals surface area (Å²) in [5, 5.41) is 8.80. The normalized spacial score (nSPS) is 19.1. The summed E-state index contributed by atoms with van der Waals surface area (Å²) in [6, 6.07) is 9.70. The summed E-state index contributed by atoms with van der Waals surface area (Å²) in [6.45, 7) is 5.76. The molecule has 0 N–H and O–H groups in total. The molecule has 0 bridgehead atoms. The maximum absolute atomic E-state index is 11.9. The van der Waals surface area contributed by atoms with Gasteiger partial charge in [-0.1, -0.05) is 16.5 Å². The zero-order chi connectivity index (χ0) is 14.1. The number of benzene rings is 1. The van der Waals surface area contributed by atoms with Crippen LogP contribution in [0.1, 0.15) is 44.7 Å². The van der Waals surface area contributed by atoms with Gasteiger partial charge in [0, 0.05) is 5.41 Å². The molecule has 0 aliphatic heterocycles. The van der Waals surface area contributed by atoms with Crippen LogP contribution in [0.15, 0.2) is 28.7 Å². The average molecular weight is 274 g/mol. The highest BCUT2D eigenvalue weighted by molar-refractivity contribution is 7.91. The molecule has 4 heteroatoms. The molecule has 100 valence electrons. The first-order chi connectivity index (χ1) is 8.87. The van der Waals surface area contributed by atoms with Crippen LogP contribution in [0.2, 0.25) is 0 Å². The summed E-state index contributed by atoms with van der Waals surface area (Å²) in [6.07, 6.45) is 3.91. The summed E-state index contributed by atoms with van der Waals surface area (Å²) in [5.74, 6) is 0. The van der Waals surface area contributed by atoms with E-state index in [0.717, 1.165) is 18.4 Å². The predicted octanol–water partition coefficient (Wildman–Crippen LogP) is 3.12. The van der Waals surface area contributed by atoms with Crippen LogP contribution in [-0.2, 0) is 16.8 Å². The maximum atomic E-state index is 11.9. The fourth-order valence-corrected chi connectivity index (χ4v) is 2.42. The number of hydrogen-bond donors (Lipinski definition) is 0. The molecule has 0 aromatic heterocycles. The molecule has 1 saturated carbocycles. The number of nitriles is 1. The lowest BCUT2D eigenvalue weighted by molar-refractivity contribution is 0.561. The molecule has 19 heavy (non-hydrogen) atoms. The van der Waals surface area contributed by atoms with E-state index in [-0.39, 0.29) is 10.2 Å². The fraction of sp³-hybridized carbons (Fsp3) is 0.467. The minimum Gasteiger partial charge on any atom is -0.591 e. The van der Waals surface area contributed by atoms with Crippen molar-refractivity contribution in [1.82, 2.24) is 0 Å². The maximum Gasteiger partial charge on any atom is 0.144 e. The van der Waals surface area contributed by atoms with Crippen LogP contribution in [0.5, 0.6) is 0 Å². The van der Waals surface area contributed by atoms with Gasteiger partial charge in [-0.15, -0.1) is 0 Å². The third-order valence-corrected chi connectivity index (χ3v) is 4.64. The zero-order valence-electron chi connectivity index (χ0n) is 11.5. The van der Waals surface area contributed by atoms with Crippen molar-refractivity contribution in [2.24, 2.45) is 4.40 Å². The van der Waals surface area contributed by atoms with Gasteiger partial charge in [-0.2, -0.15) is 5.26 Å². The summed E-state index contributed by atoms with van der Waals surface area (Å²) < 4.78 is 15.8. The topological polar surface area (TPSA) is 59.2 Å². The smallest absolute Gasteiger partial charge is 0.144 e. The molecular formula is C15H18N2OS. The van der Waals surface area contributed by atoms with E-state index < -0.39 is 11.4 Å². The minimum absolute atomic E-state index is 0.0606. The van der Waals surface area contributed by atoms with E-state index in [1.54, 1.807) is 0 Å². The lowest BCUT2D eigenvalue weighted by Crippen LogP contribution is -2.26. The highest BCUT2D eigenvalue weighted by Gasteiger charge is 2.44. The van der Waals surface area contributed by atoms with E-state index in [2.05, 4.69) is 10.5 Å². The van der Waals surface area contributed by atoms with Crippen molar-refractivity contribution in [3.05, 3.63) is 35.4 Å². The fourth-order valence-electron chi connectivity index (χ4n) is 1.81. The lowest BCUT2D eigenvalue weighted by atomic mass is 9.96. The first-order valence-electron chi connectivity index (χ1n) is 6.35. The summed E-state index contributed by atoms with van der Waals surface area (Å²) in [7, 11) is 0. The van der Waals surface area contributed by atoms with Crippen LogP contribution in [0.4, 0.5) is 0 Å². The largest absolute Gasteiger partial charge is 0.591 e. The van der Waals surface area contributed by atoms with Gasteiger partial charge in [-0.3, -0.25) is 0 Å². The molecule has 1 unspecified atom stereocenters. The Hall–Kier alpha value is -1.31. The van der Waals surface area contributed by atoms with Gasteiger partial charge in [0.2, 0.25) is 0 Å². The molecule has 0 heterocycles. The second-order valence-electron chi connectivity index (χ2n) is 5.94. The zero-order valence-corrected chi connectivity index (χ0v) is 12.3. The van der Waals surface area contributed by atoms with Gasteiger partial charge in [0.1, 0.15) is 16.1 Å². The molecule has 1 aromatic carbocycles. The number of rotatable bonds is 3. The Labute approximate surface area is 117 Å². The van der Waals surface area contributed by atoms with Crippen molar-refractivity contribution in [2.75, 3.05) is 0 Å². The molecular weight excluding hydrogens is 256 g/mol. The van der Waals surface area contributed by atoms with E-state index in [1.807, 2.05) is 51.3 Å². The van der Waals surface area contributed by atoms with Gasteiger partial charge in [-0.05, 0) is 51.3 Å². The molecule has 1 fully saturated rings. The van der Waals surface area contributed by atoms with Crippen molar-refractivity contribution >= 4 is 17.6 Å². The Morgan fingerprint density at radius 1 is 1.32 bits per heavy atom. The molecule has 3 nitrogen and oxygen atoms in total. The quantitative estimate of drug-likeness (QED) is 0.628. The van der Waals surface area contributed by atoms with Crippen molar-refractivity contribution in [3.8, 4) is 6.07 Å². The molecule has 1 aromatic rings. The Morgan fingerprint density at radius 2 is 1.89 bits per heavy atom. The van der Waals surface area contributed by atoms with Gasteiger partial charge >= 0.3 is 0 Å². The van der Waals surface area contributed by atoms with Crippen LogP contribution < -0.4 is 0 Å². The standard InChI is InChI=1S/C15H18N2OS/c1-14(2,3)19(18)17-11-15(8-9-15)13-6-4-12(10-16)5-7-13/h4-7,11H,8-9H2,1-3H3. The Bertz CT molecular complexity index is 519. The van der Waals surface area contributed by atoms with Crippen molar-refractivity contribution in [3.63, 3.8) is 0 Å². The highest BCUT2D eigenvalue weighted by atomic mass is 32.2. The average Bonchev–Trinajstić information content (AvgIpc) is 3.16. The lowest BCUT2D eigenvalue weighted by Gasteiger charge is -2.19. The molecule has 1 aliphatic rings. The molecule has 0 amide bonds. The first-order valence-corrected chi connectivity index (χ1v) is 7.46. The monoisotopic (exact) mass is 274 g/mol. The Morgan fingerprint density at radius 3 is 2.32 bits per heavy atom. The van der Waals surface area contributed by atoms with Crippen LogP contribution >= 0.6 is 0 Å². The third-order valence-electron chi connectivity index (χ3n) is 3.30. The highest BCUT2D eigenvalue weighted by Crippen LogP contribution is 2.46. The predicted molar refractivity (Wildman–Crippen MR) is 78.5 cm³/mol. The Kier molecular flexibility index (Phi) is 3.71. The van der Waals surface area contributed by atoms with Crippen molar-refractivity contribution < 1.29 is 4.55 Å². The molecule has 1 atom stereocenters. The third kappa shape index (κ3) is 3.17. The van der Waals surface area contributed by atoms with Gasteiger partial charge in [-0.25, -0.2) is 0 Å². The van der Waals surface area contributed by atoms with Crippen LogP contribution in [0.25, 0.3) is 0 Å². The summed E-state index contributed by atoms with van der Waals surface area (Å²) in [4.78, 5) is 0. The van der Waals surface area contributed by atoms with Gasteiger partial charge in [0.05, 0.1) is 17.8 Å². The van der Waals surface area contributed by atoms with Gasteiger partial charge in [0.15, 0.2) is 0 Å². The van der Waals surface area contributed by atoms with Gasteiger partial charge in [0.25, 0.3) is 0 Å². The summed E-state index contributed by atoms with van der Waals surface area (Å²) >= 11 is -1.21. The van der Waals surface area contributed by atoms with Crippen molar-refractivity contribution in [2.45, 2.75) is 43.8 Å². The van der Waals surface area contributed by atoms with E-state index >= 15 is 0 Å². The number of nitrogens with zero attached hydrogens (tertiary/aromatic N) is 2. The molecule has 0 spiro atoms. The molecule has 0 radical (unpaired) electrons. The van der Waals surface area contributed by atoms with Gasteiger partial charge < -0.3 is 4.55 Å². The van der Waals surface area contributed by atoms with Crippen LogP contribution in [-0.4, -0.2) is 15.5 Å². The second kappa shape index (κ2) is 4.99. The SMILES string of the molecule is CC(C)(C)[S+]([O-])N=CC1(c2ccc(C#N)cc2)CC1. The van der Waals surface area contributed by atoms with E-state index in [9.17, 15) is 4.55 Å². The molecule has 2 rings (SSSR count). The van der Waals surface area contributed by atoms with E-state index in [4.69, 9.17) is 5.26 Å². The minimum atomic E-state index is -1.21. The van der Waals surface area contributed by atoms with E-state index in [1.165, 1.54) is 0 Å². The van der Waals surface area contributed by atoms with Crippen molar-refractivity contribution in [1.29, 1.82) is 5.26 Å². The second-order valence-corrected chi connectivity index (χ2v) is 7.88. The molecule has 0 saturated heterocycles. The molecule has 1 aliphatic carbocycles. The summed E-state index contributed by atoms with van der Waals surface area (Å²) in [5.41, 5.74) is 1.76. The van der Waals surface area contributed by atoms with E-state index in [0.29, 0.717) is 5.56 Å². The Balaban J connectivity index is 2.15. The first kappa shape index (κ1) is 14.1. The van der Waals surface area contributed by atoms with Crippen LogP contribution in [0.3, 0.4) is 0 Å².